The van der Waals surface area contributed by atoms with Gasteiger partial charge in [-0.05, 0) is 42.7 Å². The Morgan fingerprint density at radius 2 is 1.44 bits per heavy atom. The van der Waals surface area contributed by atoms with Gasteiger partial charge in [-0.25, -0.2) is 0 Å². The van der Waals surface area contributed by atoms with E-state index in [1.807, 2.05) is 0 Å². The summed E-state index contributed by atoms with van der Waals surface area (Å²) in [4.78, 5) is 0. The van der Waals surface area contributed by atoms with Crippen molar-refractivity contribution in [2.24, 2.45) is 5.92 Å². The van der Waals surface area contributed by atoms with E-state index in [2.05, 4.69) is 49.1 Å². The number of hydrogen-bond acceptors (Lipinski definition) is 0. The second-order valence-electron chi connectivity index (χ2n) is 5.28. The first kappa shape index (κ1) is 13.1. The molecule has 0 heteroatoms. The molecule has 1 aromatic carbocycles. The summed E-state index contributed by atoms with van der Waals surface area (Å²) in [5.74, 6) is 0.851. The number of benzene rings is 1. The third-order valence-electron chi connectivity index (χ3n) is 3.94. The highest BCUT2D eigenvalue weighted by molar-refractivity contribution is 5.33. The SMILES string of the molecule is C1=CCc2ccccc2C1.C=CC1CCCCC1. The fourth-order valence-corrected chi connectivity index (χ4v) is 2.75. The quantitative estimate of drug-likeness (QED) is 0.599. The van der Waals surface area contributed by atoms with Crippen molar-refractivity contribution in [3.8, 4) is 0 Å². The smallest absolute Gasteiger partial charge is 0.00945 e. The van der Waals surface area contributed by atoms with Gasteiger partial charge in [-0.2, -0.15) is 0 Å². The van der Waals surface area contributed by atoms with Crippen LogP contribution >= 0.6 is 0 Å². The zero-order valence-electron chi connectivity index (χ0n) is 11.3. The van der Waals surface area contributed by atoms with E-state index in [0.29, 0.717) is 0 Å². The van der Waals surface area contributed by atoms with Crippen LogP contribution in [-0.4, -0.2) is 0 Å². The molecule has 3 rings (SSSR count). The maximum absolute atomic E-state index is 3.78. The zero-order chi connectivity index (χ0) is 12.6. The van der Waals surface area contributed by atoms with Crippen LogP contribution in [0.25, 0.3) is 0 Å². The molecule has 0 heterocycles. The minimum Gasteiger partial charge on any atom is -0.103 e. The lowest BCUT2D eigenvalue weighted by Gasteiger charge is -2.16. The highest BCUT2D eigenvalue weighted by Crippen LogP contribution is 2.23. The lowest BCUT2D eigenvalue weighted by atomic mass is 9.90. The first-order valence-electron chi connectivity index (χ1n) is 7.24. The van der Waals surface area contributed by atoms with Crippen LogP contribution in [0.5, 0.6) is 0 Å². The van der Waals surface area contributed by atoms with Crippen molar-refractivity contribution >= 4 is 0 Å². The molecule has 0 amide bonds. The first-order valence-corrected chi connectivity index (χ1v) is 7.24. The van der Waals surface area contributed by atoms with E-state index in [9.17, 15) is 0 Å². The van der Waals surface area contributed by atoms with Crippen molar-refractivity contribution in [3.05, 3.63) is 60.2 Å². The van der Waals surface area contributed by atoms with Crippen LogP contribution in [0.2, 0.25) is 0 Å². The first-order chi connectivity index (χ1) is 8.90. The highest BCUT2D eigenvalue weighted by atomic mass is 14.1. The molecule has 0 nitrogen and oxygen atoms in total. The lowest BCUT2D eigenvalue weighted by Crippen LogP contribution is -2.01. The van der Waals surface area contributed by atoms with Crippen molar-refractivity contribution < 1.29 is 0 Å². The maximum atomic E-state index is 3.78. The van der Waals surface area contributed by atoms with Crippen molar-refractivity contribution in [3.63, 3.8) is 0 Å². The monoisotopic (exact) mass is 240 g/mol. The van der Waals surface area contributed by atoms with Gasteiger partial charge in [0.25, 0.3) is 0 Å². The summed E-state index contributed by atoms with van der Waals surface area (Å²) in [7, 11) is 0. The van der Waals surface area contributed by atoms with Gasteiger partial charge in [-0.15, -0.1) is 6.58 Å². The summed E-state index contributed by atoms with van der Waals surface area (Å²) in [6.07, 6.45) is 15.9. The molecular weight excluding hydrogens is 216 g/mol. The molecule has 0 saturated heterocycles. The molecule has 0 aliphatic heterocycles. The Hall–Kier alpha value is -1.30. The minimum atomic E-state index is 0.851. The fourth-order valence-electron chi connectivity index (χ4n) is 2.75. The van der Waals surface area contributed by atoms with E-state index < -0.39 is 0 Å². The highest BCUT2D eigenvalue weighted by Gasteiger charge is 2.07. The minimum absolute atomic E-state index is 0.851. The maximum Gasteiger partial charge on any atom is -0.00945 e. The van der Waals surface area contributed by atoms with Gasteiger partial charge in [0.05, 0.1) is 0 Å². The van der Waals surface area contributed by atoms with Crippen LogP contribution in [0.4, 0.5) is 0 Å². The molecule has 1 aromatic rings. The molecule has 2 aliphatic carbocycles. The summed E-state index contributed by atoms with van der Waals surface area (Å²) < 4.78 is 0. The third-order valence-corrected chi connectivity index (χ3v) is 3.94. The van der Waals surface area contributed by atoms with Gasteiger partial charge in [-0.3, -0.25) is 0 Å². The number of hydrogen-bond donors (Lipinski definition) is 0. The van der Waals surface area contributed by atoms with E-state index in [1.54, 1.807) is 0 Å². The zero-order valence-corrected chi connectivity index (χ0v) is 11.3. The molecule has 1 fully saturated rings. The summed E-state index contributed by atoms with van der Waals surface area (Å²) in [6.45, 7) is 3.78. The largest absolute Gasteiger partial charge is 0.103 e. The summed E-state index contributed by atoms with van der Waals surface area (Å²) in [5, 5.41) is 0. The number of fused-ring (bicyclic) bond motifs is 1. The van der Waals surface area contributed by atoms with Crippen LogP contribution in [-0.2, 0) is 12.8 Å². The van der Waals surface area contributed by atoms with E-state index >= 15 is 0 Å². The molecule has 0 N–H and O–H groups in total. The Bertz CT molecular complexity index is 367. The lowest BCUT2D eigenvalue weighted by molar-refractivity contribution is 0.420. The van der Waals surface area contributed by atoms with Gasteiger partial charge in [0.2, 0.25) is 0 Å². The summed E-state index contributed by atoms with van der Waals surface area (Å²) in [5.41, 5.74) is 2.98. The molecule has 0 atom stereocenters. The van der Waals surface area contributed by atoms with Gasteiger partial charge >= 0.3 is 0 Å². The third kappa shape index (κ3) is 3.87. The second-order valence-corrected chi connectivity index (χ2v) is 5.28. The van der Waals surface area contributed by atoms with E-state index in [1.165, 1.54) is 43.2 Å². The van der Waals surface area contributed by atoms with Crippen molar-refractivity contribution in [1.29, 1.82) is 0 Å². The van der Waals surface area contributed by atoms with Gasteiger partial charge < -0.3 is 0 Å². The van der Waals surface area contributed by atoms with Crippen molar-refractivity contribution in [2.45, 2.75) is 44.9 Å². The average Bonchev–Trinajstić information content (AvgIpc) is 2.49. The Labute approximate surface area is 111 Å². The number of allylic oxidation sites excluding steroid dienone is 3. The van der Waals surface area contributed by atoms with Crippen LogP contribution in [0.15, 0.2) is 49.1 Å². The predicted molar refractivity (Wildman–Crippen MR) is 79.8 cm³/mol. The molecule has 0 radical (unpaired) electrons. The number of rotatable bonds is 1. The predicted octanol–water partition coefficient (Wildman–Crippen LogP) is 5.09. The Morgan fingerprint density at radius 3 is 1.89 bits per heavy atom. The molecule has 0 aromatic heterocycles. The summed E-state index contributed by atoms with van der Waals surface area (Å²) in [6, 6.07) is 8.63. The van der Waals surface area contributed by atoms with Gasteiger partial charge in [0.15, 0.2) is 0 Å². The molecule has 0 bridgehead atoms. The Balaban J connectivity index is 0.000000138. The van der Waals surface area contributed by atoms with Crippen LogP contribution in [0, 0.1) is 5.92 Å². The summed E-state index contributed by atoms with van der Waals surface area (Å²) >= 11 is 0. The molecule has 96 valence electrons. The Kier molecular flexibility index (Phi) is 5.26. The van der Waals surface area contributed by atoms with Gasteiger partial charge in [-0.1, -0.05) is 61.8 Å². The molecule has 18 heavy (non-hydrogen) atoms. The van der Waals surface area contributed by atoms with Gasteiger partial charge in [0.1, 0.15) is 0 Å². The topological polar surface area (TPSA) is 0 Å². The molecular formula is C18H24. The molecule has 1 saturated carbocycles. The molecule has 0 spiro atoms. The standard InChI is InChI=1S/C10H10.C8H14/c1-2-6-10-8-4-3-7-9(10)5-1;1-2-8-6-4-3-5-7-8/h1-6H,7-8H2;2,8H,1,3-7H2. The van der Waals surface area contributed by atoms with Gasteiger partial charge in [0, 0.05) is 0 Å². The average molecular weight is 240 g/mol. The Morgan fingerprint density at radius 1 is 0.889 bits per heavy atom. The van der Waals surface area contributed by atoms with Crippen LogP contribution in [0.1, 0.15) is 43.2 Å². The van der Waals surface area contributed by atoms with E-state index in [4.69, 9.17) is 0 Å². The molecule has 0 unspecified atom stereocenters. The normalized spacial score (nSPS) is 18.4. The van der Waals surface area contributed by atoms with Crippen molar-refractivity contribution in [1.82, 2.24) is 0 Å². The van der Waals surface area contributed by atoms with E-state index in [0.717, 1.165) is 18.8 Å². The van der Waals surface area contributed by atoms with Crippen LogP contribution < -0.4 is 0 Å². The second kappa shape index (κ2) is 7.20. The molecule has 2 aliphatic rings. The fraction of sp³-hybridized carbons (Fsp3) is 0.444. The van der Waals surface area contributed by atoms with E-state index in [-0.39, 0.29) is 0 Å². The van der Waals surface area contributed by atoms with Crippen molar-refractivity contribution in [2.75, 3.05) is 0 Å². The van der Waals surface area contributed by atoms with Crippen LogP contribution in [0.3, 0.4) is 0 Å².